The molecule has 0 radical (unpaired) electrons. The van der Waals surface area contributed by atoms with Gasteiger partial charge in [-0.2, -0.15) is 0 Å². The van der Waals surface area contributed by atoms with E-state index in [-0.39, 0.29) is 18.4 Å². The zero-order chi connectivity index (χ0) is 18.4. The van der Waals surface area contributed by atoms with E-state index in [4.69, 9.17) is 0 Å². The molecule has 2 amide bonds. The molecule has 0 heterocycles. The molecule has 0 fully saturated rings. The summed E-state index contributed by atoms with van der Waals surface area (Å²) in [4.78, 5) is 25.8. The Morgan fingerprint density at radius 1 is 1.00 bits per heavy atom. The van der Waals surface area contributed by atoms with Crippen molar-refractivity contribution in [1.82, 2.24) is 4.90 Å². The Labute approximate surface area is 144 Å². The van der Waals surface area contributed by atoms with Crippen LogP contribution in [0.3, 0.4) is 0 Å². The molecular weight excluding hydrogens is 328 g/mol. The number of carbonyl (C=O) groups is 2. The second-order valence-corrected chi connectivity index (χ2v) is 5.65. The van der Waals surface area contributed by atoms with E-state index in [0.29, 0.717) is 11.4 Å². The van der Waals surface area contributed by atoms with Crippen LogP contribution in [0.2, 0.25) is 0 Å². The Bertz CT molecular complexity index is 750. The fourth-order valence-electron chi connectivity index (χ4n) is 2.11. The number of carbonyl (C=O) groups excluding carboxylic acids is 2. The van der Waals surface area contributed by atoms with Crippen molar-refractivity contribution in [3.8, 4) is 0 Å². The Morgan fingerprint density at radius 2 is 1.68 bits per heavy atom. The predicted octanol–water partition coefficient (Wildman–Crippen LogP) is 2.86. The van der Waals surface area contributed by atoms with Crippen molar-refractivity contribution in [1.29, 1.82) is 0 Å². The lowest BCUT2D eigenvalue weighted by molar-refractivity contribution is -0.122. The molecular formula is C18H19F2N3O2. The minimum Gasteiger partial charge on any atom is -0.325 e. The summed E-state index contributed by atoms with van der Waals surface area (Å²) in [6, 6.07) is 10.4. The van der Waals surface area contributed by atoms with Gasteiger partial charge < -0.3 is 10.6 Å². The minimum absolute atomic E-state index is 0.0471. The average molecular weight is 347 g/mol. The molecule has 5 nitrogen and oxygen atoms in total. The van der Waals surface area contributed by atoms with Gasteiger partial charge in [-0.1, -0.05) is 6.07 Å². The third-order valence-electron chi connectivity index (χ3n) is 3.65. The fraction of sp³-hybridized carbons (Fsp3) is 0.222. The molecule has 0 unspecified atom stereocenters. The van der Waals surface area contributed by atoms with Crippen LogP contribution in [0.5, 0.6) is 0 Å². The number of likely N-dealkylation sites (N-methyl/N-ethyl adjacent to an activating group) is 1. The van der Waals surface area contributed by atoms with Crippen LogP contribution in [-0.2, 0) is 9.59 Å². The number of hydrogen-bond donors (Lipinski definition) is 2. The maximum atomic E-state index is 13.1. The molecule has 2 N–H and O–H groups in total. The number of rotatable bonds is 6. The van der Waals surface area contributed by atoms with Gasteiger partial charge in [0.2, 0.25) is 11.8 Å². The molecule has 0 spiro atoms. The summed E-state index contributed by atoms with van der Waals surface area (Å²) in [6.45, 7) is 1.60. The topological polar surface area (TPSA) is 61.4 Å². The van der Waals surface area contributed by atoms with Gasteiger partial charge in [0.25, 0.3) is 0 Å². The Morgan fingerprint density at radius 3 is 2.32 bits per heavy atom. The summed E-state index contributed by atoms with van der Waals surface area (Å²) in [5.74, 6) is -1.53. The van der Waals surface area contributed by atoms with E-state index in [9.17, 15) is 18.4 Å². The highest BCUT2D eigenvalue weighted by atomic mass is 19.1. The van der Waals surface area contributed by atoms with Gasteiger partial charge in [0.05, 0.1) is 12.6 Å². The maximum Gasteiger partial charge on any atom is 0.241 e. The van der Waals surface area contributed by atoms with Crippen LogP contribution in [0.25, 0.3) is 0 Å². The van der Waals surface area contributed by atoms with Crippen molar-refractivity contribution < 1.29 is 18.4 Å². The number of anilines is 2. The van der Waals surface area contributed by atoms with E-state index < -0.39 is 17.7 Å². The van der Waals surface area contributed by atoms with Gasteiger partial charge in [0.15, 0.2) is 0 Å². The van der Waals surface area contributed by atoms with Crippen LogP contribution >= 0.6 is 0 Å². The van der Waals surface area contributed by atoms with Crippen LogP contribution in [0.4, 0.5) is 20.2 Å². The lowest BCUT2D eigenvalue weighted by atomic mass is 10.2. The van der Waals surface area contributed by atoms with E-state index in [2.05, 4.69) is 10.6 Å². The van der Waals surface area contributed by atoms with E-state index in [0.717, 1.165) is 0 Å². The summed E-state index contributed by atoms with van der Waals surface area (Å²) in [5.41, 5.74) is 0.817. The maximum absolute atomic E-state index is 13.1. The zero-order valence-electron chi connectivity index (χ0n) is 13.9. The second kappa shape index (κ2) is 8.34. The summed E-state index contributed by atoms with van der Waals surface area (Å²) in [7, 11) is 1.63. The first-order valence-electron chi connectivity index (χ1n) is 7.67. The molecule has 2 rings (SSSR count). The molecule has 0 aliphatic carbocycles. The molecule has 7 heteroatoms. The van der Waals surface area contributed by atoms with Crippen molar-refractivity contribution in [3.63, 3.8) is 0 Å². The zero-order valence-corrected chi connectivity index (χ0v) is 13.9. The average Bonchev–Trinajstić information content (AvgIpc) is 2.56. The molecule has 1 atom stereocenters. The quantitative estimate of drug-likeness (QED) is 0.845. The smallest absolute Gasteiger partial charge is 0.241 e. The highest BCUT2D eigenvalue weighted by Gasteiger charge is 2.20. The summed E-state index contributed by atoms with van der Waals surface area (Å²) in [5, 5.41) is 5.22. The van der Waals surface area contributed by atoms with Gasteiger partial charge in [0.1, 0.15) is 11.6 Å². The van der Waals surface area contributed by atoms with Crippen molar-refractivity contribution in [3.05, 3.63) is 60.2 Å². The summed E-state index contributed by atoms with van der Waals surface area (Å²) < 4.78 is 26.0. The molecule has 0 saturated carbocycles. The van der Waals surface area contributed by atoms with Crippen LogP contribution in [-0.4, -0.2) is 36.3 Å². The lowest BCUT2D eigenvalue weighted by Gasteiger charge is -2.23. The van der Waals surface area contributed by atoms with Crippen molar-refractivity contribution in [2.45, 2.75) is 13.0 Å². The van der Waals surface area contributed by atoms with Crippen LogP contribution in [0, 0.1) is 11.6 Å². The largest absolute Gasteiger partial charge is 0.325 e. The van der Waals surface area contributed by atoms with Crippen molar-refractivity contribution in [2.75, 3.05) is 24.2 Å². The highest BCUT2D eigenvalue weighted by molar-refractivity contribution is 5.96. The van der Waals surface area contributed by atoms with Gasteiger partial charge in [-0.05, 0) is 56.4 Å². The van der Waals surface area contributed by atoms with Crippen LogP contribution in [0.15, 0.2) is 48.5 Å². The van der Waals surface area contributed by atoms with E-state index in [1.165, 1.54) is 42.5 Å². The Kier molecular flexibility index (Phi) is 6.19. The van der Waals surface area contributed by atoms with Crippen LogP contribution < -0.4 is 10.6 Å². The summed E-state index contributed by atoms with van der Waals surface area (Å²) >= 11 is 0. The molecule has 0 bridgehead atoms. The van der Waals surface area contributed by atoms with Crippen LogP contribution in [0.1, 0.15) is 6.92 Å². The first-order chi connectivity index (χ1) is 11.8. The predicted molar refractivity (Wildman–Crippen MR) is 92.2 cm³/mol. The molecule has 2 aromatic carbocycles. The first kappa shape index (κ1) is 18.5. The molecule has 0 aromatic heterocycles. The number of hydrogen-bond acceptors (Lipinski definition) is 3. The molecule has 0 aliphatic heterocycles. The standard InChI is InChI=1S/C18H19F2N3O2/c1-12(18(25)22-15-8-6-13(19)7-9-15)23(2)11-17(24)21-16-5-3-4-14(20)10-16/h3-10,12H,11H2,1-2H3,(H,21,24)(H,22,25)/t12-/m0/s1. The number of halogens is 2. The Balaban J connectivity index is 1.88. The number of amides is 2. The van der Waals surface area contributed by atoms with Gasteiger partial charge in [0, 0.05) is 11.4 Å². The third kappa shape index (κ3) is 5.65. The number of benzene rings is 2. The van der Waals surface area contributed by atoms with E-state index in [1.807, 2.05) is 0 Å². The van der Waals surface area contributed by atoms with Crippen molar-refractivity contribution >= 4 is 23.2 Å². The lowest BCUT2D eigenvalue weighted by Crippen LogP contribution is -2.43. The molecule has 0 saturated heterocycles. The Hall–Kier alpha value is -2.80. The molecule has 0 aliphatic rings. The molecule has 25 heavy (non-hydrogen) atoms. The fourth-order valence-corrected chi connectivity index (χ4v) is 2.11. The van der Waals surface area contributed by atoms with Gasteiger partial charge in [-0.3, -0.25) is 14.5 Å². The summed E-state index contributed by atoms with van der Waals surface area (Å²) in [6.07, 6.45) is 0. The minimum atomic E-state index is -0.594. The number of nitrogens with one attached hydrogen (secondary N) is 2. The normalized spacial score (nSPS) is 11.9. The monoisotopic (exact) mass is 347 g/mol. The van der Waals surface area contributed by atoms with E-state index >= 15 is 0 Å². The molecule has 2 aromatic rings. The molecule has 132 valence electrons. The number of nitrogens with zero attached hydrogens (tertiary/aromatic N) is 1. The van der Waals surface area contributed by atoms with Crippen molar-refractivity contribution in [2.24, 2.45) is 0 Å². The van der Waals surface area contributed by atoms with E-state index in [1.54, 1.807) is 24.9 Å². The van der Waals surface area contributed by atoms with Gasteiger partial charge >= 0.3 is 0 Å². The SMILES string of the molecule is C[C@@H](C(=O)Nc1ccc(F)cc1)N(C)CC(=O)Nc1cccc(F)c1. The second-order valence-electron chi connectivity index (χ2n) is 5.65. The van der Waals surface area contributed by atoms with Gasteiger partial charge in [-0.15, -0.1) is 0 Å². The van der Waals surface area contributed by atoms with Gasteiger partial charge in [-0.25, -0.2) is 8.78 Å². The highest BCUT2D eigenvalue weighted by Crippen LogP contribution is 2.11. The third-order valence-corrected chi connectivity index (χ3v) is 3.65. The first-order valence-corrected chi connectivity index (χ1v) is 7.67.